The second-order valence-electron chi connectivity index (χ2n) is 7.41. The first-order valence-corrected chi connectivity index (χ1v) is 9.53. The summed E-state index contributed by atoms with van der Waals surface area (Å²) in [7, 11) is 0. The van der Waals surface area contributed by atoms with Gasteiger partial charge in [-0.25, -0.2) is 0 Å². The number of benzene rings is 1. The lowest BCUT2D eigenvalue weighted by molar-refractivity contribution is -0.130. The number of hydrogen-bond donors (Lipinski definition) is 0. The average molecular weight is 351 g/mol. The molecule has 1 amide bonds. The predicted molar refractivity (Wildman–Crippen MR) is 105 cm³/mol. The molecule has 1 saturated heterocycles. The van der Waals surface area contributed by atoms with Crippen LogP contribution < -0.4 is 0 Å². The van der Waals surface area contributed by atoms with Crippen molar-refractivity contribution >= 4 is 5.91 Å². The Balaban J connectivity index is 1.50. The van der Waals surface area contributed by atoms with Gasteiger partial charge in [-0.3, -0.25) is 14.7 Å². The molecule has 1 fully saturated rings. The monoisotopic (exact) mass is 351 g/mol. The maximum Gasteiger partial charge on any atom is 0.219 e. The first kappa shape index (κ1) is 18.6. The van der Waals surface area contributed by atoms with Crippen molar-refractivity contribution in [3.8, 4) is 0 Å². The Morgan fingerprint density at radius 1 is 1.19 bits per heavy atom. The molecule has 1 aliphatic rings. The van der Waals surface area contributed by atoms with E-state index in [1.165, 1.54) is 11.1 Å². The second kappa shape index (κ2) is 8.95. The average Bonchev–Trinajstić information content (AvgIpc) is 2.65. The molecule has 26 heavy (non-hydrogen) atoms. The number of rotatable bonds is 6. The molecule has 1 aromatic heterocycles. The van der Waals surface area contributed by atoms with Crippen molar-refractivity contribution in [1.82, 2.24) is 14.8 Å². The molecule has 4 heteroatoms. The molecular weight excluding hydrogens is 322 g/mol. The van der Waals surface area contributed by atoms with Gasteiger partial charge in [0.05, 0.1) is 0 Å². The molecule has 1 aliphatic heterocycles. The van der Waals surface area contributed by atoms with Gasteiger partial charge in [-0.1, -0.05) is 30.3 Å². The van der Waals surface area contributed by atoms with E-state index in [1.807, 2.05) is 23.2 Å². The number of hydrogen-bond acceptors (Lipinski definition) is 3. The molecule has 2 heterocycles. The van der Waals surface area contributed by atoms with E-state index in [4.69, 9.17) is 0 Å². The van der Waals surface area contributed by atoms with Gasteiger partial charge >= 0.3 is 0 Å². The Hall–Kier alpha value is -2.20. The highest BCUT2D eigenvalue weighted by molar-refractivity contribution is 5.73. The van der Waals surface area contributed by atoms with Gasteiger partial charge in [0, 0.05) is 39.0 Å². The first-order valence-electron chi connectivity index (χ1n) is 9.53. The van der Waals surface area contributed by atoms with E-state index in [1.54, 1.807) is 13.1 Å². The topological polar surface area (TPSA) is 36.4 Å². The van der Waals surface area contributed by atoms with Crippen molar-refractivity contribution in [3.63, 3.8) is 0 Å². The molecule has 0 N–H and O–H groups in total. The number of piperidine rings is 1. The standard InChI is InChI=1S/C22H29N3O/c1-18-6-3-4-8-22(18)17-24-12-9-20(10-13-24)15-25(19(2)26)16-21-7-5-11-23-14-21/h3-8,11,14,20H,9-10,12-13,15-17H2,1-2H3. The Morgan fingerprint density at radius 3 is 2.62 bits per heavy atom. The van der Waals surface area contributed by atoms with Crippen LogP contribution in [0.5, 0.6) is 0 Å². The van der Waals surface area contributed by atoms with Crippen LogP contribution in [-0.2, 0) is 17.9 Å². The van der Waals surface area contributed by atoms with Gasteiger partial charge in [-0.2, -0.15) is 0 Å². The van der Waals surface area contributed by atoms with Gasteiger partial charge in [0.1, 0.15) is 0 Å². The number of carbonyl (C=O) groups is 1. The predicted octanol–water partition coefficient (Wildman–Crippen LogP) is 3.65. The molecule has 0 spiro atoms. The second-order valence-corrected chi connectivity index (χ2v) is 7.41. The van der Waals surface area contributed by atoms with Crippen LogP contribution in [0.15, 0.2) is 48.8 Å². The van der Waals surface area contributed by atoms with Crippen LogP contribution in [0.1, 0.15) is 36.5 Å². The van der Waals surface area contributed by atoms with E-state index in [9.17, 15) is 4.79 Å². The smallest absolute Gasteiger partial charge is 0.219 e. The molecule has 0 bridgehead atoms. The summed E-state index contributed by atoms with van der Waals surface area (Å²) in [4.78, 5) is 20.7. The van der Waals surface area contributed by atoms with Gasteiger partial charge in [-0.15, -0.1) is 0 Å². The Bertz CT molecular complexity index is 708. The number of carbonyl (C=O) groups excluding carboxylic acids is 1. The maximum absolute atomic E-state index is 12.1. The zero-order valence-electron chi connectivity index (χ0n) is 15.9. The molecule has 0 radical (unpaired) electrons. The van der Waals surface area contributed by atoms with Crippen LogP contribution in [0.25, 0.3) is 0 Å². The zero-order valence-corrected chi connectivity index (χ0v) is 15.9. The van der Waals surface area contributed by atoms with E-state index in [0.29, 0.717) is 12.5 Å². The summed E-state index contributed by atoms with van der Waals surface area (Å²) in [6.45, 7) is 8.62. The van der Waals surface area contributed by atoms with Crippen LogP contribution in [0.3, 0.4) is 0 Å². The Kier molecular flexibility index (Phi) is 6.40. The van der Waals surface area contributed by atoms with Crippen LogP contribution >= 0.6 is 0 Å². The summed E-state index contributed by atoms with van der Waals surface area (Å²) in [5, 5.41) is 0. The number of aryl methyl sites for hydroxylation is 1. The largest absolute Gasteiger partial charge is 0.338 e. The number of amides is 1. The molecule has 0 unspecified atom stereocenters. The minimum atomic E-state index is 0.149. The fourth-order valence-corrected chi connectivity index (χ4v) is 3.68. The lowest BCUT2D eigenvalue weighted by atomic mass is 9.95. The third kappa shape index (κ3) is 5.15. The number of pyridine rings is 1. The quantitative estimate of drug-likeness (QED) is 0.797. The minimum absolute atomic E-state index is 0.149. The third-order valence-electron chi connectivity index (χ3n) is 5.38. The van der Waals surface area contributed by atoms with Gasteiger partial charge in [0.15, 0.2) is 0 Å². The summed E-state index contributed by atoms with van der Waals surface area (Å²) in [5.41, 5.74) is 3.89. The van der Waals surface area contributed by atoms with Crippen molar-refractivity contribution < 1.29 is 4.79 Å². The number of nitrogens with zero attached hydrogens (tertiary/aromatic N) is 3. The maximum atomic E-state index is 12.1. The Labute approximate surface area is 156 Å². The molecule has 0 saturated carbocycles. The van der Waals surface area contributed by atoms with Crippen molar-refractivity contribution in [1.29, 1.82) is 0 Å². The minimum Gasteiger partial charge on any atom is -0.338 e. The van der Waals surface area contributed by atoms with Crippen molar-refractivity contribution in [2.75, 3.05) is 19.6 Å². The fraction of sp³-hybridized carbons (Fsp3) is 0.455. The summed E-state index contributed by atoms with van der Waals surface area (Å²) in [6.07, 6.45) is 5.93. The molecule has 4 nitrogen and oxygen atoms in total. The lowest BCUT2D eigenvalue weighted by Gasteiger charge is -2.35. The molecular formula is C22H29N3O. The van der Waals surface area contributed by atoms with Crippen LogP contribution in [0.4, 0.5) is 0 Å². The third-order valence-corrected chi connectivity index (χ3v) is 5.38. The number of aromatic nitrogens is 1. The molecule has 3 rings (SSSR count). The highest BCUT2D eigenvalue weighted by atomic mass is 16.2. The SMILES string of the molecule is CC(=O)N(Cc1cccnc1)CC1CCN(Cc2ccccc2C)CC1. The van der Waals surface area contributed by atoms with Crippen molar-refractivity contribution in [3.05, 3.63) is 65.5 Å². The fourth-order valence-electron chi connectivity index (χ4n) is 3.68. The molecule has 138 valence electrons. The first-order chi connectivity index (χ1) is 12.6. The summed E-state index contributed by atoms with van der Waals surface area (Å²) in [6, 6.07) is 12.6. The lowest BCUT2D eigenvalue weighted by Crippen LogP contribution is -2.39. The molecule has 0 atom stereocenters. The van der Waals surface area contributed by atoms with Crippen molar-refractivity contribution in [2.24, 2.45) is 5.92 Å². The highest BCUT2D eigenvalue weighted by Gasteiger charge is 2.23. The normalized spacial score (nSPS) is 15.8. The highest BCUT2D eigenvalue weighted by Crippen LogP contribution is 2.22. The van der Waals surface area contributed by atoms with Crippen LogP contribution in [0, 0.1) is 12.8 Å². The summed E-state index contributed by atoms with van der Waals surface area (Å²) in [5.74, 6) is 0.736. The molecule has 1 aromatic carbocycles. The van der Waals surface area contributed by atoms with E-state index >= 15 is 0 Å². The summed E-state index contributed by atoms with van der Waals surface area (Å²) >= 11 is 0. The van der Waals surface area contributed by atoms with Gasteiger partial charge < -0.3 is 4.90 Å². The van der Waals surface area contributed by atoms with E-state index in [0.717, 1.165) is 44.6 Å². The van der Waals surface area contributed by atoms with Crippen LogP contribution in [-0.4, -0.2) is 40.3 Å². The van der Waals surface area contributed by atoms with Gasteiger partial charge in [0.25, 0.3) is 0 Å². The van der Waals surface area contributed by atoms with Crippen LogP contribution in [0.2, 0.25) is 0 Å². The molecule has 0 aliphatic carbocycles. The number of likely N-dealkylation sites (tertiary alicyclic amines) is 1. The van der Waals surface area contributed by atoms with E-state index in [2.05, 4.69) is 41.1 Å². The van der Waals surface area contributed by atoms with E-state index in [-0.39, 0.29) is 5.91 Å². The van der Waals surface area contributed by atoms with Gasteiger partial charge in [0.2, 0.25) is 5.91 Å². The van der Waals surface area contributed by atoms with Gasteiger partial charge in [-0.05, 0) is 61.5 Å². The Morgan fingerprint density at radius 2 is 1.96 bits per heavy atom. The van der Waals surface area contributed by atoms with E-state index < -0.39 is 0 Å². The zero-order chi connectivity index (χ0) is 18.4. The van der Waals surface area contributed by atoms with Crippen molar-refractivity contribution in [2.45, 2.75) is 39.8 Å². The summed E-state index contributed by atoms with van der Waals surface area (Å²) < 4.78 is 0. The molecule has 2 aromatic rings.